The lowest BCUT2D eigenvalue weighted by Gasteiger charge is -2.35. The van der Waals surface area contributed by atoms with E-state index in [0.717, 1.165) is 6.07 Å². The van der Waals surface area contributed by atoms with Crippen LogP contribution < -0.4 is 26.7 Å². The van der Waals surface area contributed by atoms with Crippen molar-refractivity contribution in [1.29, 1.82) is 0 Å². The van der Waals surface area contributed by atoms with Gasteiger partial charge >= 0.3 is 18.1 Å². The Morgan fingerprint density at radius 1 is 1.05 bits per heavy atom. The van der Waals surface area contributed by atoms with E-state index in [4.69, 9.17) is 14.9 Å². The number of Topliss-reactive ketones (excluding diaryl/α,β-unsaturated/α-hetero) is 1. The Kier molecular flexibility index (Phi) is 13.3. The number of aryl methyl sites for hydroxylation is 1. The van der Waals surface area contributed by atoms with Crippen molar-refractivity contribution in [3.63, 3.8) is 0 Å². The number of nitrogens with two attached hydrogens (primary N) is 1. The highest BCUT2D eigenvalue weighted by Crippen LogP contribution is 2.27. The molecule has 2 aromatic carbocycles. The second-order valence-electron chi connectivity index (χ2n) is 13.5. The summed E-state index contributed by atoms with van der Waals surface area (Å²) in [5.74, 6) is -2.79. The van der Waals surface area contributed by atoms with Crippen LogP contribution in [0.2, 0.25) is 0 Å². The summed E-state index contributed by atoms with van der Waals surface area (Å²) in [5.41, 5.74) is 5.80. The number of anilines is 2. The number of carboxylic acids is 1. The van der Waals surface area contributed by atoms with Crippen LogP contribution in [0.3, 0.4) is 0 Å². The normalized spacial score (nSPS) is 13.9. The van der Waals surface area contributed by atoms with Gasteiger partial charge < -0.3 is 45.0 Å². The lowest BCUT2D eigenvalue weighted by atomic mass is 9.89. The zero-order valence-corrected chi connectivity index (χ0v) is 30.7. The van der Waals surface area contributed by atoms with Crippen molar-refractivity contribution in [3.8, 4) is 0 Å². The number of ketones is 1. The number of urea groups is 1. The molecule has 1 saturated heterocycles. The number of amides is 4. The Bertz CT molecular complexity index is 2080. The van der Waals surface area contributed by atoms with Gasteiger partial charge in [0.1, 0.15) is 29.5 Å². The number of furan rings is 1. The van der Waals surface area contributed by atoms with Crippen molar-refractivity contribution in [1.82, 2.24) is 14.8 Å². The predicted molar refractivity (Wildman–Crippen MR) is 201 cm³/mol. The molecule has 1 fully saturated rings. The number of carbonyl (C=O) groups is 5. The Balaban J connectivity index is 1.13. The van der Waals surface area contributed by atoms with Crippen molar-refractivity contribution in [2.24, 2.45) is 17.6 Å². The number of aromatic carboxylic acids is 1. The zero-order valence-electron chi connectivity index (χ0n) is 30.7. The molecule has 0 radical (unpaired) electrons. The molecule has 2 atom stereocenters. The number of hydrogen-bond donors (Lipinski definition) is 4. The van der Waals surface area contributed by atoms with Crippen LogP contribution in [-0.4, -0.2) is 77.1 Å². The van der Waals surface area contributed by atoms with E-state index in [-0.39, 0.29) is 61.3 Å². The molecule has 55 heavy (non-hydrogen) atoms. The number of nitrogens with one attached hydrogen (secondary N) is 2. The van der Waals surface area contributed by atoms with E-state index in [2.05, 4.69) is 10.6 Å². The SMILES string of the molecule is CCn1cc(C(=O)O)c(=O)c2cc(F)c(N3CCN(C(=O)OCc4ccc(NC(=O)[C@H](CCCNC(N)=O)CC(=O)[C@@H](C)Cc5ccco5)cc4)CC3)cc21. The summed E-state index contributed by atoms with van der Waals surface area (Å²) in [4.78, 5) is 77.9. The summed E-state index contributed by atoms with van der Waals surface area (Å²) >= 11 is 0. The standard InChI is InChI=1S/C39H45FN6O9/c1-3-44-22-30(37(50)51)35(48)29-20-31(40)33(21-32(29)44)45-13-15-46(16-14-45)39(53)55-23-25-8-10-27(11-9-25)43-36(49)26(6-4-12-42-38(41)52)19-34(47)24(2)18-28-7-5-17-54-28/h5,7-11,17,20-22,24,26H,3-4,6,12-16,18-19,23H2,1-2H3,(H,43,49)(H,50,51)(H3,41,42,52)/t24-,26+/m0/s1. The third-order valence-electron chi connectivity index (χ3n) is 9.67. The maximum absolute atomic E-state index is 15.3. The van der Waals surface area contributed by atoms with Crippen LogP contribution in [0.1, 0.15) is 54.8 Å². The molecule has 0 aliphatic carbocycles. The molecule has 0 spiro atoms. The second-order valence-corrected chi connectivity index (χ2v) is 13.5. The number of pyridine rings is 1. The molecule has 5 rings (SSSR count). The molecule has 0 unspecified atom stereocenters. The first-order chi connectivity index (χ1) is 26.3. The van der Waals surface area contributed by atoms with E-state index in [0.29, 0.717) is 61.4 Å². The minimum Gasteiger partial charge on any atom is -0.477 e. The van der Waals surface area contributed by atoms with Crippen molar-refractivity contribution in [2.45, 2.75) is 52.7 Å². The van der Waals surface area contributed by atoms with E-state index >= 15 is 4.39 Å². The molecule has 16 heteroatoms. The van der Waals surface area contributed by atoms with Gasteiger partial charge in [-0.05, 0) is 61.7 Å². The molecule has 1 aliphatic heterocycles. The van der Waals surface area contributed by atoms with Gasteiger partial charge in [-0.3, -0.25) is 14.4 Å². The van der Waals surface area contributed by atoms with Crippen LogP contribution in [-0.2, 0) is 33.9 Å². The average Bonchev–Trinajstić information content (AvgIpc) is 3.68. The van der Waals surface area contributed by atoms with E-state index in [1.54, 1.807) is 66.0 Å². The zero-order chi connectivity index (χ0) is 39.6. The monoisotopic (exact) mass is 760 g/mol. The topological polar surface area (TPSA) is 207 Å². The molecular formula is C39H45FN6O9. The third-order valence-corrected chi connectivity index (χ3v) is 9.67. The van der Waals surface area contributed by atoms with Gasteiger partial charge in [-0.1, -0.05) is 19.1 Å². The van der Waals surface area contributed by atoms with E-state index < -0.39 is 40.8 Å². The summed E-state index contributed by atoms with van der Waals surface area (Å²) in [7, 11) is 0. The summed E-state index contributed by atoms with van der Waals surface area (Å²) in [5, 5.41) is 14.8. The summed E-state index contributed by atoms with van der Waals surface area (Å²) in [6.45, 7) is 5.30. The van der Waals surface area contributed by atoms with Gasteiger partial charge in [-0.15, -0.1) is 0 Å². The number of primary amides is 1. The molecular weight excluding hydrogens is 715 g/mol. The van der Waals surface area contributed by atoms with Crippen LogP contribution in [0.5, 0.6) is 0 Å². The number of aromatic nitrogens is 1. The Morgan fingerprint density at radius 2 is 1.78 bits per heavy atom. The molecule has 0 bridgehead atoms. The number of carboxylic acid groups (broad SMARTS) is 1. The molecule has 4 amide bonds. The smallest absolute Gasteiger partial charge is 0.410 e. The lowest BCUT2D eigenvalue weighted by molar-refractivity contribution is -0.128. The summed E-state index contributed by atoms with van der Waals surface area (Å²) in [6.07, 6.45) is 3.48. The number of nitrogens with zero attached hydrogens (tertiary/aromatic N) is 3. The van der Waals surface area contributed by atoms with Crippen molar-refractivity contribution < 1.29 is 42.6 Å². The molecule has 1 aliphatic rings. The number of rotatable bonds is 16. The van der Waals surface area contributed by atoms with Gasteiger partial charge in [0.2, 0.25) is 11.3 Å². The quantitative estimate of drug-likeness (QED) is 0.115. The van der Waals surface area contributed by atoms with Crippen LogP contribution in [0.15, 0.2) is 70.2 Å². The number of halogens is 1. The van der Waals surface area contributed by atoms with Crippen molar-refractivity contribution in [3.05, 3.63) is 93.9 Å². The predicted octanol–water partition coefficient (Wildman–Crippen LogP) is 4.75. The fourth-order valence-corrected chi connectivity index (χ4v) is 6.52. The fraction of sp³-hybridized carbons (Fsp3) is 0.385. The number of hydrogen-bond acceptors (Lipinski definition) is 9. The maximum Gasteiger partial charge on any atom is 0.410 e. The van der Waals surface area contributed by atoms with Crippen LogP contribution in [0.25, 0.3) is 10.9 Å². The Morgan fingerprint density at radius 3 is 2.42 bits per heavy atom. The maximum atomic E-state index is 15.3. The first kappa shape index (κ1) is 40.0. The molecule has 0 saturated carbocycles. The van der Waals surface area contributed by atoms with Crippen LogP contribution >= 0.6 is 0 Å². The summed E-state index contributed by atoms with van der Waals surface area (Å²) in [6, 6.07) is 12.2. The van der Waals surface area contributed by atoms with E-state index in [9.17, 15) is 33.9 Å². The van der Waals surface area contributed by atoms with Gasteiger partial charge in [0, 0.05) is 81.2 Å². The van der Waals surface area contributed by atoms with Crippen molar-refractivity contribution in [2.75, 3.05) is 42.9 Å². The van der Waals surface area contributed by atoms with E-state index in [1.807, 2.05) is 0 Å². The van der Waals surface area contributed by atoms with Crippen LogP contribution in [0.4, 0.5) is 25.4 Å². The average molecular weight is 761 g/mol. The Hall–Kier alpha value is -6.19. The minimum atomic E-state index is -1.38. The van der Waals surface area contributed by atoms with Gasteiger partial charge in [0.05, 0.1) is 17.5 Å². The molecule has 2 aromatic heterocycles. The van der Waals surface area contributed by atoms with Crippen LogP contribution in [0, 0.1) is 17.7 Å². The number of fused-ring (bicyclic) bond motifs is 1. The molecule has 4 aromatic rings. The Labute approximate surface area is 316 Å². The fourth-order valence-electron chi connectivity index (χ4n) is 6.52. The van der Waals surface area contributed by atoms with Gasteiger partial charge in [0.15, 0.2) is 0 Å². The highest BCUT2D eigenvalue weighted by atomic mass is 19.1. The molecule has 5 N–H and O–H groups in total. The minimum absolute atomic E-state index is 0.0141. The van der Waals surface area contributed by atoms with E-state index in [1.165, 1.54) is 17.2 Å². The largest absolute Gasteiger partial charge is 0.477 e. The first-order valence-corrected chi connectivity index (χ1v) is 18.1. The van der Waals surface area contributed by atoms with Gasteiger partial charge in [-0.2, -0.15) is 0 Å². The van der Waals surface area contributed by atoms with Crippen molar-refractivity contribution >= 4 is 52.1 Å². The summed E-state index contributed by atoms with van der Waals surface area (Å²) < 4.78 is 27.8. The highest BCUT2D eigenvalue weighted by molar-refractivity contribution is 5.96. The second kappa shape index (κ2) is 18.2. The first-order valence-electron chi connectivity index (χ1n) is 18.1. The third kappa shape index (κ3) is 10.3. The molecule has 3 heterocycles. The number of carbonyl (C=O) groups excluding carboxylic acids is 4. The lowest BCUT2D eigenvalue weighted by Crippen LogP contribution is -2.49. The van der Waals surface area contributed by atoms with Gasteiger partial charge in [0.25, 0.3) is 0 Å². The number of benzene rings is 2. The number of ether oxygens (including phenoxy) is 1. The molecule has 15 nitrogen and oxygen atoms in total. The van der Waals surface area contributed by atoms with Gasteiger partial charge in [-0.25, -0.2) is 18.8 Å². The number of piperazine rings is 1. The highest BCUT2D eigenvalue weighted by Gasteiger charge is 2.27. The molecule has 292 valence electrons.